The summed E-state index contributed by atoms with van der Waals surface area (Å²) in [5.41, 5.74) is 1.39. The third-order valence-corrected chi connectivity index (χ3v) is 4.97. The number of hydrogen-bond donors (Lipinski definition) is 1. The summed E-state index contributed by atoms with van der Waals surface area (Å²) in [6, 6.07) is 0.329. The van der Waals surface area contributed by atoms with E-state index in [2.05, 4.69) is 27.1 Å². The molecular weight excluding hydrogens is 276 g/mol. The molecule has 2 aliphatic rings. The van der Waals surface area contributed by atoms with Crippen molar-refractivity contribution in [3.8, 4) is 0 Å². The second kappa shape index (κ2) is 6.63. The smallest absolute Gasteiger partial charge is 0.254 e. The van der Waals surface area contributed by atoms with Gasteiger partial charge < -0.3 is 10.2 Å². The molecule has 0 atom stereocenters. The van der Waals surface area contributed by atoms with Crippen LogP contribution < -0.4 is 10.2 Å². The lowest BCUT2D eigenvalue weighted by molar-refractivity contribution is 0.0936. The van der Waals surface area contributed by atoms with Crippen LogP contribution in [0.1, 0.15) is 61.5 Å². The molecule has 1 amide bonds. The number of piperidine rings is 1. The summed E-state index contributed by atoms with van der Waals surface area (Å²) in [5.74, 6) is 1.53. The summed E-state index contributed by atoms with van der Waals surface area (Å²) in [5, 5.41) is 3.11. The van der Waals surface area contributed by atoms with Crippen LogP contribution in [0.3, 0.4) is 0 Å². The first-order chi connectivity index (χ1) is 10.6. The number of nitrogens with zero attached hydrogens (tertiary/aromatic N) is 3. The van der Waals surface area contributed by atoms with E-state index in [1.54, 1.807) is 6.20 Å². The zero-order valence-electron chi connectivity index (χ0n) is 13.6. The van der Waals surface area contributed by atoms with E-state index in [9.17, 15) is 4.79 Å². The van der Waals surface area contributed by atoms with Crippen molar-refractivity contribution in [2.75, 3.05) is 18.0 Å². The molecular formula is C17H26N4O. The monoisotopic (exact) mass is 302 g/mol. The first kappa shape index (κ1) is 15.3. The largest absolute Gasteiger partial charge is 0.349 e. The third kappa shape index (κ3) is 3.39. The van der Waals surface area contributed by atoms with E-state index < -0.39 is 0 Å². The van der Waals surface area contributed by atoms with Crippen LogP contribution in [0.5, 0.6) is 0 Å². The molecule has 120 valence electrons. The highest BCUT2D eigenvalue weighted by Crippen LogP contribution is 2.21. The van der Waals surface area contributed by atoms with E-state index in [-0.39, 0.29) is 5.91 Å². The minimum Gasteiger partial charge on any atom is -0.349 e. The van der Waals surface area contributed by atoms with Crippen molar-refractivity contribution in [2.45, 2.75) is 58.4 Å². The van der Waals surface area contributed by atoms with Crippen LogP contribution in [0.2, 0.25) is 0 Å². The van der Waals surface area contributed by atoms with E-state index in [0.717, 1.165) is 43.5 Å². The van der Waals surface area contributed by atoms with Crippen molar-refractivity contribution in [1.82, 2.24) is 15.3 Å². The Balaban J connectivity index is 1.67. The van der Waals surface area contributed by atoms with Gasteiger partial charge in [0, 0.05) is 25.3 Å². The van der Waals surface area contributed by atoms with Gasteiger partial charge in [0.05, 0.1) is 11.3 Å². The van der Waals surface area contributed by atoms with Crippen molar-refractivity contribution in [3.63, 3.8) is 0 Å². The number of anilines is 1. The molecule has 1 saturated heterocycles. The van der Waals surface area contributed by atoms with E-state index in [4.69, 9.17) is 0 Å². The Morgan fingerprint density at radius 1 is 1.23 bits per heavy atom. The Labute approximate surface area is 132 Å². The quantitative estimate of drug-likeness (QED) is 0.932. The molecule has 0 unspecified atom stereocenters. The molecule has 0 aromatic carbocycles. The first-order valence-electron chi connectivity index (χ1n) is 8.53. The fourth-order valence-electron chi connectivity index (χ4n) is 3.37. The normalized spacial score (nSPS) is 20.4. The molecule has 0 spiro atoms. The highest BCUT2D eigenvalue weighted by atomic mass is 16.1. The van der Waals surface area contributed by atoms with Gasteiger partial charge in [-0.15, -0.1) is 0 Å². The van der Waals surface area contributed by atoms with Crippen LogP contribution in [0.25, 0.3) is 0 Å². The van der Waals surface area contributed by atoms with Gasteiger partial charge in [-0.05, 0) is 38.5 Å². The molecule has 1 aromatic rings. The van der Waals surface area contributed by atoms with E-state index >= 15 is 0 Å². The van der Waals surface area contributed by atoms with Gasteiger partial charge in [0.2, 0.25) is 5.95 Å². The maximum absolute atomic E-state index is 12.3. The second-order valence-corrected chi connectivity index (χ2v) is 6.79. The molecule has 0 bridgehead atoms. The number of aryl methyl sites for hydroxylation is 1. The SMILES string of the molecule is Cc1nc(N2CCC(C)CC2)ncc1C(=O)NC1CCCC1. The van der Waals surface area contributed by atoms with Crippen LogP contribution in [-0.4, -0.2) is 35.0 Å². The predicted octanol–water partition coefficient (Wildman–Crippen LogP) is 2.69. The molecule has 22 heavy (non-hydrogen) atoms. The molecule has 2 heterocycles. The van der Waals surface area contributed by atoms with Crippen molar-refractivity contribution in [3.05, 3.63) is 17.5 Å². The molecule has 0 radical (unpaired) electrons. The number of carbonyl (C=O) groups excluding carboxylic acids is 1. The predicted molar refractivity (Wildman–Crippen MR) is 87.1 cm³/mol. The van der Waals surface area contributed by atoms with Crippen LogP contribution >= 0.6 is 0 Å². The lowest BCUT2D eigenvalue weighted by Crippen LogP contribution is -2.35. The van der Waals surface area contributed by atoms with E-state index in [0.29, 0.717) is 11.6 Å². The Morgan fingerprint density at radius 2 is 1.91 bits per heavy atom. The topological polar surface area (TPSA) is 58.1 Å². The molecule has 1 aliphatic heterocycles. The fourth-order valence-corrected chi connectivity index (χ4v) is 3.37. The number of nitrogens with one attached hydrogen (secondary N) is 1. The number of aromatic nitrogens is 2. The highest BCUT2D eigenvalue weighted by Gasteiger charge is 2.22. The summed E-state index contributed by atoms with van der Waals surface area (Å²) >= 11 is 0. The maximum atomic E-state index is 12.3. The Hall–Kier alpha value is -1.65. The number of carbonyl (C=O) groups is 1. The van der Waals surface area contributed by atoms with Gasteiger partial charge in [-0.25, -0.2) is 9.97 Å². The molecule has 5 heteroatoms. The highest BCUT2D eigenvalue weighted by molar-refractivity contribution is 5.95. The molecule has 5 nitrogen and oxygen atoms in total. The average molecular weight is 302 g/mol. The van der Waals surface area contributed by atoms with Crippen LogP contribution in [0, 0.1) is 12.8 Å². The zero-order chi connectivity index (χ0) is 15.5. The molecule has 3 rings (SSSR count). The summed E-state index contributed by atoms with van der Waals surface area (Å²) < 4.78 is 0. The van der Waals surface area contributed by atoms with Gasteiger partial charge in [-0.3, -0.25) is 4.79 Å². The number of amides is 1. The minimum absolute atomic E-state index is 0.0248. The lowest BCUT2D eigenvalue weighted by Gasteiger charge is -2.30. The molecule has 1 N–H and O–H groups in total. The average Bonchev–Trinajstić information content (AvgIpc) is 3.00. The Bertz CT molecular complexity index is 531. The minimum atomic E-state index is -0.0248. The summed E-state index contributed by atoms with van der Waals surface area (Å²) in [6.45, 7) is 6.21. The van der Waals surface area contributed by atoms with Gasteiger partial charge >= 0.3 is 0 Å². The van der Waals surface area contributed by atoms with Gasteiger partial charge in [0.25, 0.3) is 5.91 Å². The van der Waals surface area contributed by atoms with Gasteiger partial charge in [-0.1, -0.05) is 19.8 Å². The number of rotatable bonds is 3. The van der Waals surface area contributed by atoms with Crippen LogP contribution in [0.15, 0.2) is 6.20 Å². The Morgan fingerprint density at radius 3 is 2.55 bits per heavy atom. The molecule has 2 fully saturated rings. The fraction of sp³-hybridized carbons (Fsp3) is 0.706. The maximum Gasteiger partial charge on any atom is 0.254 e. The van der Waals surface area contributed by atoms with Gasteiger partial charge in [0.1, 0.15) is 0 Å². The standard InChI is InChI=1S/C17H26N4O/c1-12-7-9-21(10-8-12)17-18-11-15(13(2)19-17)16(22)20-14-5-3-4-6-14/h11-12,14H,3-10H2,1-2H3,(H,20,22). The van der Waals surface area contributed by atoms with Crippen molar-refractivity contribution < 1.29 is 4.79 Å². The lowest BCUT2D eigenvalue weighted by atomic mass is 10.00. The summed E-state index contributed by atoms with van der Waals surface area (Å²) in [4.78, 5) is 23.6. The summed E-state index contributed by atoms with van der Waals surface area (Å²) in [6.07, 6.45) is 8.68. The Kier molecular flexibility index (Phi) is 4.60. The zero-order valence-corrected chi connectivity index (χ0v) is 13.6. The number of hydrogen-bond acceptors (Lipinski definition) is 4. The first-order valence-corrected chi connectivity index (χ1v) is 8.53. The van der Waals surface area contributed by atoms with E-state index in [1.165, 1.54) is 25.7 Å². The summed E-state index contributed by atoms with van der Waals surface area (Å²) in [7, 11) is 0. The van der Waals surface area contributed by atoms with E-state index in [1.807, 2.05) is 6.92 Å². The molecule has 1 saturated carbocycles. The van der Waals surface area contributed by atoms with Gasteiger partial charge in [-0.2, -0.15) is 0 Å². The van der Waals surface area contributed by atoms with Crippen LogP contribution in [0.4, 0.5) is 5.95 Å². The van der Waals surface area contributed by atoms with Crippen LogP contribution in [-0.2, 0) is 0 Å². The van der Waals surface area contributed by atoms with Crippen molar-refractivity contribution in [2.24, 2.45) is 5.92 Å². The second-order valence-electron chi connectivity index (χ2n) is 6.79. The van der Waals surface area contributed by atoms with Crippen molar-refractivity contribution in [1.29, 1.82) is 0 Å². The van der Waals surface area contributed by atoms with Gasteiger partial charge in [0.15, 0.2) is 0 Å². The third-order valence-electron chi connectivity index (χ3n) is 4.97. The van der Waals surface area contributed by atoms with Crippen molar-refractivity contribution >= 4 is 11.9 Å². The molecule has 1 aliphatic carbocycles. The molecule has 1 aromatic heterocycles.